The molecule has 1 N–H and O–H groups in total. The molecule has 3 aliphatic rings. The minimum absolute atomic E-state index is 0.0164. The zero-order valence-electron chi connectivity index (χ0n) is 23.9. The largest absolute Gasteiger partial charge is 0.395 e. The fraction of sp³-hybridized carbons (Fsp3) is 0.424. The van der Waals surface area contributed by atoms with E-state index in [0.717, 1.165) is 22.4 Å². The highest BCUT2D eigenvalue weighted by molar-refractivity contribution is 6.05. The van der Waals surface area contributed by atoms with Crippen molar-refractivity contribution in [1.29, 1.82) is 0 Å². The minimum atomic E-state index is -1.14. The van der Waals surface area contributed by atoms with Crippen molar-refractivity contribution >= 4 is 23.4 Å². The lowest BCUT2D eigenvalue weighted by Crippen LogP contribution is -2.57. The van der Waals surface area contributed by atoms with Crippen LogP contribution >= 0.6 is 0 Å². The van der Waals surface area contributed by atoms with Gasteiger partial charge in [0.2, 0.25) is 11.8 Å². The van der Waals surface area contributed by atoms with E-state index < -0.39 is 29.6 Å². The van der Waals surface area contributed by atoms with Gasteiger partial charge in [-0.2, -0.15) is 0 Å². The number of nitrogens with zero attached hydrogens (tertiary/aromatic N) is 3. The molecule has 0 aliphatic carbocycles. The maximum atomic E-state index is 14.6. The molecule has 2 aromatic carbocycles. The van der Waals surface area contributed by atoms with Crippen LogP contribution in [0.2, 0.25) is 0 Å². The third kappa shape index (κ3) is 4.79. The summed E-state index contributed by atoms with van der Waals surface area (Å²) in [6.07, 6.45) is 3.96. The van der Waals surface area contributed by atoms with Crippen LogP contribution in [0.25, 0.3) is 0 Å². The fourth-order valence-electron chi connectivity index (χ4n) is 7.26. The number of carbonyl (C=O) groups excluding carboxylic acids is 3. The molecular formula is C33H39N3O5. The van der Waals surface area contributed by atoms with Crippen LogP contribution in [-0.4, -0.2) is 76.6 Å². The molecule has 2 unspecified atom stereocenters. The molecule has 3 saturated heterocycles. The second-order valence-corrected chi connectivity index (χ2v) is 11.3. The van der Waals surface area contributed by atoms with Crippen molar-refractivity contribution in [3.05, 3.63) is 90.5 Å². The summed E-state index contributed by atoms with van der Waals surface area (Å²) in [6, 6.07) is 14.6. The predicted octanol–water partition coefficient (Wildman–Crippen LogP) is 3.40. The summed E-state index contributed by atoms with van der Waals surface area (Å²) in [5, 5.41) is 9.96. The fourth-order valence-corrected chi connectivity index (χ4v) is 7.26. The average molecular weight is 558 g/mol. The molecule has 2 aromatic rings. The summed E-state index contributed by atoms with van der Waals surface area (Å²) in [5.74, 6) is -2.29. The Labute approximate surface area is 241 Å². The van der Waals surface area contributed by atoms with Crippen LogP contribution < -0.4 is 4.90 Å². The number of para-hydroxylation sites is 1. The van der Waals surface area contributed by atoms with Crippen LogP contribution in [0.1, 0.15) is 29.5 Å². The van der Waals surface area contributed by atoms with Gasteiger partial charge in [-0.1, -0.05) is 60.7 Å². The topological polar surface area (TPSA) is 90.4 Å². The van der Waals surface area contributed by atoms with E-state index in [9.17, 15) is 19.5 Å². The number of rotatable bonds is 11. The second-order valence-electron chi connectivity index (χ2n) is 11.3. The van der Waals surface area contributed by atoms with E-state index in [4.69, 9.17) is 4.74 Å². The third-order valence-corrected chi connectivity index (χ3v) is 8.82. The molecule has 216 valence electrons. The van der Waals surface area contributed by atoms with E-state index in [1.165, 1.54) is 4.90 Å². The van der Waals surface area contributed by atoms with Crippen LogP contribution in [0.5, 0.6) is 0 Å². The number of benzene rings is 2. The first kappa shape index (κ1) is 28.8. The van der Waals surface area contributed by atoms with Crippen molar-refractivity contribution in [1.82, 2.24) is 9.80 Å². The average Bonchev–Trinajstić information content (AvgIpc) is 3.60. The number of likely N-dealkylation sites (tertiary alicyclic amines) is 1. The van der Waals surface area contributed by atoms with Crippen LogP contribution in [0.3, 0.4) is 0 Å². The van der Waals surface area contributed by atoms with E-state index in [1.54, 1.807) is 22.0 Å². The van der Waals surface area contributed by atoms with Crippen molar-refractivity contribution in [2.75, 3.05) is 31.1 Å². The Kier molecular flexibility index (Phi) is 8.16. The van der Waals surface area contributed by atoms with Gasteiger partial charge in [-0.05, 0) is 43.4 Å². The van der Waals surface area contributed by atoms with Crippen LogP contribution in [0.15, 0.2) is 73.8 Å². The first-order valence-electron chi connectivity index (χ1n) is 14.3. The molecule has 0 saturated carbocycles. The number of β-amino-alcohol motifs (C(OH)–C–C–N with tert-alkyl or cyclic N) is 1. The highest BCUT2D eigenvalue weighted by Gasteiger charge is 2.74. The monoisotopic (exact) mass is 557 g/mol. The number of aliphatic hydroxyl groups excluding tert-OH is 1. The Morgan fingerprint density at radius 1 is 1.05 bits per heavy atom. The van der Waals surface area contributed by atoms with E-state index in [0.29, 0.717) is 25.9 Å². The zero-order valence-corrected chi connectivity index (χ0v) is 23.9. The first-order valence-corrected chi connectivity index (χ1v) is 14.3. The number of ether oxygens (including phenoxy) is 1. The Bertz CT molecular complexity index is 1320. The third-order valence-electron chi connectivity index (χ3n) is 8.82. The molecule has 2 bridgehead atoms. The molecule has 3 amide bonds. The molecule has 5 atom stereocenters. The number of amides is 3. The number of aliphatic hydroxyl groups is 1. The molecule has 41 heavy (non-hydrogen) atoms. The van der Waals surface area contributed by atoms with E-state index in [1.807, 2.05) is 62.4 Å². The van der Waals surface area contributed by atoms with Gasteiger partial charge in [0.05, 0.1) is 24.5 Å². The number of hydrogen-bond acceptors (Lipinski definition) is 5. The lowest BCUT2D eigenvalue weighted by molar-refractivity contribution is -0.145. The highest BCUT2D eigenvalue weighted by atomic mass is 16.5. The molecule has 8 nitrogen and oxygen atoms in total. The van der Waals surface area contributed by atoms with Crippen molar-refractivity contribution in [2.45, 2.75) is 51.0 Å². The first-order chi connectivity index (χ1) is 19.8. The molecule has 3 fully saturated rings. The number of aryl methyl sites for hydroxylation is 2. The Morgan fingerprint density at radius 3 is 2.37 bits per heavy atom. The van der Waals surface area contributed by atoms with Gasteiger partial charge in [0.1, 0.15) is 11.6 Å². The lowest BCUT2D eigenvalue weighted by atomic mass is 9.70. The minimum Gasteiger partial charge on any atom is -0.395 e. The molecule has 8 heteroatoms. The highest BCUT2D eigenvalue weighted by Crippen LogP contribution is 2.59. The van der Waals surface area contributed by atoms with E-state index in [-0.39, 0.29) is 37.4 Å². The Morgan fingerprint density at radius 2 is 1.73 bits per heavy atom. The molecule has 3 aliphatic heterocycles. The molecule has 3 heterocycles. The Balaban J connectivity index is 1.53. The van der Waals surface area contributed by atoms with Crippen molar-refractivity contribution in [2.24, 2.45) is 11.8 Å². The van der Waals surface area contributed by atoms with Crippen LogP contribution in [0, 0.1) is 25.7 Å². The summed E-state index contributed by atoms with van der Waals surface area (Å²) >= 11 is 0. The number of carbonyl (C=O) groups is 3. The quantitative estimate of drug-likeness (QED) is 0.428. The number of anilines is 1. The van der Waals surface area contributed by atoms with Gasteiger partial charge >= 0.3 is 0 Å². The number of fused-ring (bicyclic) bond motifs is 1. The SMILES string of the molecule is C=CCN(Cc1ccccc1)C(=O)[C@@H]1[C@@H]2CCC3(O2)C(C(=O)N(CC=C)c2c(C)cccc2C)N(CCO)C(=O)[C@H]13. The maximum Gasteiger partial charge on any atom is 0.253 e. The van der Waals surface area contributed by atoms with Gasteiger partial charge in [-0.3, -0.25) is 14.4 Å². The predicted molar refractivity (Wildman–Crippen MR) is 157 cm³/mol. The van der Waals surface area contributed by atoms with Crippen molar-refractivity contribution in [3.63, 3.8) is 0 Å². The second kappa shape index (κ2) is 11.6. The summed E-state index contributed by atoms with van der Waals surface area (Å²) < 4.78 is 6.61. The molecule has 1 spiro atoms. The van der Waals surface area contributed by atoms with Crippen molar-refractivity contribution < 1.29 is 24.2 Å². The molecule has 0 radical (unpaired) electrons. The lowest BCUT2D eigenvalue weighted by Gasteiger charge is -2.37. The Hall–Kier alpha value is -3.75. The van der Waals surface area contributed by atoms with Gasteiger partial charge in [0, 0.05) is 31.9 Å². The van der Waals surface area contributed by atoms with Gasteiger partial charge in [-0.25, -0.2) is 0 Å². The van der Waals surface area contributed by atoms with Gasteiger partial charge in [-0.15, -0.1) is 13.2 Å². The van der Waals surface area contributed by atoms with E-state index >= 15 is 0 Å². The molecule has 5 rings (SSSR count). The molecular weight excluding hydrogens is 518 g/mol. The van der Waals surface area contributed by atoms with E-state index in [2.05, 4.69) is 13.2 Å². The summed E-state index contributed by atoms with van der Waals surface area (Å²) in [6.45, 7) is 12.3. The van der Waals surface area contributed by atoms with Gasteiger partial charge in [0.15, 0.2) is 0 Å². The maximum absolute atomic E-state index is 14.6. The standard InChI is InChI=1S/C33H39N3O5/c1-5-17-34(21-24-13-8-7-9-14-24)30(38)26-25-15-16-33(41-25)27(26)31(39)36(19-20-37)29(33)32(40)35(18-6-2)28-22(3)11-10-12-23(28)4/h5-14,25-27,29,37H,1-2,15-21H2,3-4H3/t25-,26+,27-,29?,33?/m0/s1. The molecule has 0 aromatic heterocycles. The van der Waals surface area contributed by atoms with Crippen LogP contribution in [-0.2, 0) is 25.7 Å². The summed E-state index contributed by atoms with van der Waals surface area (Å²) in [4.78, 5) is 47.7. The summed E-state index contributed by atoms with van der Waals surface area (Å²) in [7, 11) is 0. The number of hydrogen-bond donors (Lipinski definition) is 1. The van der Waals surface area contributed by atoms with Gasteiger partial charge in [0.25, 0.3) is 5.91 Å². The van der Waals surface area contributed by atoms with Crippen LogP contribution in [0.4, 0.5) is 5.69 Å². The smallest absolute Gasteiger partial charge is 0.253 e. The van der Waals surface area contributed by atoms with Crippen molar-refractivity contribution in [3.8, 4) is 0 Å². The zero-order chi connectivity index (χ0) is 29.3. The summed E-state index contributed by atoms with van der Waals surface area (Å²) in [5.41, 5.74) is 2.46. The normalized spacial score (nSPS) is 26.1. The van der Waals surface area contributed by atoms with Gasteiger partial charge < -0.3 is 24.5 Å².